The van der Waals surface area contributed by atoms with Crippen LogP contribution >= 0.6 is 15.6 Å². The Bertz CT molecular complexity index is 2010. The van der Waals surface area contributed by atoms with Crippen LogP contribution in [0, 0.1) is 17.8 Å². The molecule has 2 unspecified atom stereocenters. The van der Waals surface area contributed by atoms with Gasteiger partial charge in [-0.1, -0.05) is 395 Å². The predicted molar refractivity (Wildman–Crippen MR) is 428 cm³/mol. The number of carbonyl (C=O) groups excluding carboxylic acids is 4. The Kier molecular flexibility index (Phi) is 73.7. The molecule has 0 rings (SSSR count). The van der Waals surface area contributed by atoms with E-state index in [9.17, 15) is 43.2 Å². The van der Waals surface area contributed by atoms with E-state index in [1.54, 1.807) is 0 Å². The molecule has 0 aliphatic rings. The molecule has 618 valence electrons. The van der Waals surface area contributed by atoms with E-state index in [1.165, 1.54) is 257 Å². The number of unbranched alkanes of at least 4 members (excludes halogenated alkanes) is 51. The highest BCUT2D eigenvalue weighted by Gasteiger charge is 2.30. The second-order valence-corrected chi connectivity index (χ2v) is 34.9. The van der Waals surface area contributed by atoms with Gasteiger partial charge < -0.3 is 33.8 Å². The van der Waals surface area contributed by atoms with Crippen LogP contribution in [0.1, 0.15) is 447 Å². The van der Waals surface area contributed by atoms with Crippen molar-refractivity contribution in [2.45, 2.75) is 465 Å². The van der Waals surface area contributed by atoms with E-state index >= 15 is 0 Å². The van der Waals surface area contributed by atoms with Crippen LogP contribution in [0.3, 0.4) is 0 Å². The van der Waals surface area contributed by atoms with Gasteiger partial charge in [-0.15, -0.1) is 0 Å². The minimum absolute atomic E-state index is 0.106. The second-order valence-electron chi connectivity index (χ2n) is 32.0. The summed E-state index contributed by atoms with van der Waals surface area (Å²) >= 11 is 0. The van der Waals surface area contributed by atoms with Gasteiger partial charge in [-0.3, -0.25) is 37.3 Å². The molecule has 0 aliphatic heterocycles. The zero-order valence-electron chi connectivity index (χ0n) is 68.5. The number of hydrogen-bond donors (Lipinski definition) is 3. The maximum absolute atomic E-state index is 13.1. The Hall–Kier alpha value is -1.94. The number of aliphatic hydroxyl groups excluding tert-OH is 1. The Morgan fingerprint density at radius 1 is 0.260 bits per heavy atom. The van der Waals surface area contributed by atoms with E-state index in [4.69, 9.17) is 37.0 Å². The van der Waals surface area contributed by atoms with Gasteiger partial charge in [0, 0.05) is 25.7 Å². The van der Waals surface area contributed by atoms with E-state index in [0.29, 0.717) is 25.7 Å². The van der Waals surface area contributed by atoms with E-state index < -0.39 is 97.5 Å². The number of ether oxygens (including phenoxy) is 4. The standard InChI is InChI=1S/C85H166O17P2/c1-8-9-10-11-12-13-14-15-16-17-18-19-20-25-28-33-38-47-54-61-68-84(89)101-80(72-95-82(87)66-59-52-45-37-32-27-24-22-21-23-26-30-35-42-49-56-63-76(2)3)74-99-103(91,92)97-70-79(86)71-98-104(93,94)100-75-81(73-96-83(88)67-60-53-46-41-40-44-51-58-65-78(6)7)102-85(90)69-62-55-48-39-34-29-31-36-43-50-57-64-77(4)5/h76-81,86H,8-75H2,1-7H3,(H,91,92)(H,93,94)/t79-,80-,81-/m1/s1. The van der Waals surface area contributed by atoms with Crippen LogP contribution in [0.5, 0.6) is 0 Å². The molecular weight excluding hydrogens is 1350 g/mol. The van der Waals surface area contributed by atoms with Crippen molar-refractivity contribution in [3.8, 4) is 0 Å². The number of hydrogen-bond acceptors (Lipinski definition) is 15. The van der Waals surface area contributed by atoms with Crippen molar-refractivity contribution in [2.24, 2.45) is 17.8 Å². The van der Waals surface area contributed by atoms with Crippen LogP contribution < -0.4 is 0 Å². The van der Waals surface area contributed by atoms with Crippen molar-refractivity contribution >= 4 is 39.5 Å². The van der Waals surface area contributed by atoms with Crippen molar-refractivity contribution < 1.29 is 80.2 Å². The van der Waals surface area contributed by atoms with Gasteiger partial charge in [0.05, 0.1) is 26.4 Å². The average molecular weight is 1520 g/mol. The fraction of sp³-hybridized carbons (Fsp3) is 0.953. The van der Waals surface area contributed by atoms with Crippen molar-refractivity contribution in [2.75, 3.05) is 39.6 Å². The number of phosphoric acid groups is 2. The highest BCUT2D eigenvalue weighted by molar-refractivity contribution is 7.47. The third-order valence-electron chi connectivity index (χ3n) is 19.9. The lowest BCUT2D eigenvalue weighted by atomic mass is 10.0. The first-order valence-corrected chi connectivity index (χ1v) is 46.8. The first-order valence-electron chi connectivity index (χ1n) is 43.8. The summed E-state index contributed by atoms with van der Waals surface area (Å²) < 4.78 is 68.9. The topological polar surface area (TPSA) is 237 Å². The van der Waals surface area contributed by atoms with Crippen LogP contribution in [0.15, 0.2) is 0 Å². The number of aliphatic hydroxyl groups is 1. The third-order valence-corrected chi connectivity index (χ3v) is 21.8. The summed E-state index contributed by atoms with van der Waals surface area (Å²) in [5, 5.41) is 10.7. The first-order chi connectivity index (χ1) is 50.2. The minimum Gasteiger partial charge on any atom is -0.462 e. The van der Waals surface area contributed by atoms with Gasteiger partial charge in [0.1, 0.15) is 19.3 Å². The molecule has 0 heterocycles. The molecule has 0 amide bonds. The van der Waals surface area contributed by atoms with Crippen LogP contribution in [-0.4, -0.2) is 96.7 Å². The molecule has 17 nitrogen and oxygen atoms in total. The van der Waals surface area contributed by atoms with Gasteiger partial charge in [0.2, 0.25) is 0 Å². The van der Waals surface area contributed by atoms with Crippen LogP contribution in [0.4, 0.5) is 0 Å². The Morgan fingerprint density at radius 2 is 0.442 bits per heavy atom. The number of rotatable bonds is 83. The van der Waals surface area contributed by atoms with Gasteiger partial charge in [-0.05, 0) is 43.4 Å². The molecule has 0 aromatic carbocycles. The molecule has 5 atom stereocenters. The molecule has 104 heavy (non-hydrogen) atoms. The Labute approximate surface area is 638 Å². The van der Waals surface area contributed by atoms with Gasteiger partial charge in [-0.25, -0.2) is 9.13 Å². The molecule has 0 radical (unpaired) electrons. The van der Waals surface area contributed by atoms with Crippen LogP contribution in [-0.2, 0) is 65.4 Å². The summed E-state index contributed by atoms with van der Waals surface area (Å²) in [7, 11) is -9.93. The van der Waals surface area contributed by atoms with Gasteiger partial charge in [0.25, 0.3) is 0 Å². The first kappa shape index (κ1) is 102. The molecule has 0 aliphatic carbocycles. The van der Waals surface area contributed by atoms with E-state index in [-0.39, 0.29) is 25.7 Å². The number of carbonyl (C=O) groups is 4. The van der Waals surface area contributed by atoms with Crippen LogP contribution in [0.2, 0.25) is 0 Å². The summed E-state index contributed by atoms with van der Waals surface area (Å²) in [6.45, 7) is 12.0. The van der Waals surface area contributed by atoms with Gasteiger partial charge in [0.15, 0.2) is 12.2 Å². The molecule has 3 N–H and O–H groups in total. The molecule has 0 aromatic heterocycles. The minimum atomic E-state index is -4.97. The third kappa shape index (κ3) is 78.2. The largest absolute Gasteiger partial charge is 0.472 e. The van der Waals surface area contributed by atoms with Crippen molar-refractivity contribution in [1.82, 2.24) is 0 Å². The smallest absolute Gasteiger partial charge is 0.462 e. The van der Waals surface area contributed by atoms with Gasteiger partial charge >= 0.3 is 39.5 Å². The monoisotopic (exact) mass is 1520 g/mol. The summed E-state index contributed by atoms with van der Waals surface area (Å²) in [4.78, 5) is 73.2. The maximum Gasteiger partial charge on any atom is 0.472 e. The second kappa shape index (κ2) is 75.1. The summed E-state index contributed by atoms with van der Waals surface area (Å²) in [6, 6.07) is 0. The molecule has 0 fully saturated rings. The Balaban J connectivity index is 5.24. The number of esters is 4. The summed E-state index contributed by atoms with van der Waals surface area (Å²) in [5.41, 5.74) is 0. The molecule has 0 aromatic rings. The lowest BCUT2D eigenvalue weighted by Gasteiger charge is -2.21. The van der Waals surface area contributed by atoms with Gasteiger partial charge in [-0.2, -0.15) is 0 Å². The highest BCUT2D eigenvalue weighted by Crippen LogP contribution is 2.45. The quantitative estimate of drug-likeness (QED) is 0.0222. The zero-order valence-corrected chi connectivity index (χ0v) is 70.3. The molecule has 0 bridgehead atoms. The number of phosphoric ester groups is 2. The highest BCUT2D eigenvalue weighted by atomic mass is 31.2. The van der Waals surface area contributed by atoms with Crippen molar-refractivity contribution in [3.05, 3.63) is 0 Å². The van der Waals surface area contributed by atoms with Crippen molar-refractivity contribution in [1.29, 1.82) is 0 Å². The zero-order chi connectivity index (χ0) is 76.5. The molecule has 0 saturated carbocycles. The molecule has 0 saturated heterocycles. The fourth-order valence-corrected chi connectivity index (χ4v) is 14.8. The summed E-state index contributed by atoms with van der Waals surface area (Å²) in [6.07, 6.45) is 65.3. The molecular formula is C85H166O17P2. The maximum atomic E-state index is 13.1. The lowest BCUT2D eigenvalue weighted by Crippen LogP contribution is -2.30. The summed E-state index contributed by atoms with van der Waals surface area (Å²) in [5.74, 6) is 0.197. The molecule has 19 heteroatoms. The fourth-order valence-electron chi connectivity index (χ4n) is 13.2. The SMILES string of the molecule is CCCCCCCCCCCCCCCCCCCCCCC(=O)O[C@H](COC(=O)CCCCCCCCCCCCCCCCCCC(C)C)COP(=O)(O)OC[C@@H](O)COP(=O)(O)OC[C@@H](COC(=O)CCCCCCCCCCC(C)C)OC(=O)CCCCCCCCCCCCCC(C)C. The average Bonchev–Trinajstić information content (AvgIpc) is 0.973. The van der Waals surface area contributed by atoms with Crippen LogP contribution in [0.25, 0.3) is 0 Å². The lowest BCUT2D eigenvalue weighted by molar-refractivity contribution is -0.161. The normalized spacial score (nSPS) is 13.9. The Morgan fingerprint density at radius 3 is 0.654 bits per heavy atom. The molecule has 0 spiro atoms. The van der Waals surface area contributed by atoms with E-state index in [2.05, 4.69) is 48.5 Å². The van der Waals surface area contributed by atoms with Crippen molar-refractivity contribution in [3.63, 3.8) is 0 Å². The van der Waals surface area contributed by atoms with E-state index in [0.717, 1.165) is 108 Å². The predicted octanol–water partition coefficient (Wildman–Crippen LogP) is 25.7. The van der Waals surface area contributed by atoms with E-state index in [1.807, 2.05) is 0 Å².